The lowest BCUT2D eigenvalue weighted by molar-refractivity contribution is -0.111. The Morgan fingerprint density at radius 1 is 1.26 bits per heavy atom. The van der Waals surface area contributed by atoms with Crippen LogP contribution in [0.2, 0.25) is 0 Å². The summed E-state index contributed by atoms with van der Waals surface area (Å²) < 4.78 is 5.06. The van der Waals surface area contributed by atoms with Gasteiger partial charge in [-0.15, -0.1) is 12.6 Å². The van der Waals surface area contributed by atoms with Gasteiger partial charge in [-0.2, -0.15) is 0 Å². The van der Waals surface area contributed by atoms with E-state index in [0.29, 0.717) is 12.3 Å². The second-order valence-electron chi connectivity index (χ2n) is 4.49. The van der Waals surface area contributed by atoms with Crippen LogP contribution in [0, 0.1) is 5.92 Å². The summed E-state index contributed by atoms with van der Waals surface area (Å²) in [6, 6.07) is 8.12. The van der Waals surface area contributed by atoms with Crippen LogP contribution < -0.4 is 4.74 Å². The molecule has 0 atom stereocenters. The number of carbonyl (C=O) groups is 1. The van der Waals surface area contributed by atoms with Crippen molar-refractivity contribution < 1.29 is 9.53 Å². The zero-order valence-electron chi connectivity index (χ0n) is 12.5. The van der Waals surface area contributed by atoms with E-state index in [1.807, 2.05) is 12.1 Å². The van der Waals surface area contributed by atoms with Crippen LogP contribution in [0.1, 0.15) is 45.6 Å². The van der Waals surface area contributed by atoms with E-state index >= 15 is 0 Å². The summed E-state index contributed by atoms with van der Waals surface area (Å²) >= 11 is 3.71. The minimum atomic E-state index is 0.0173. The Morgan fingerprint density at radius 3 is 2.26 bits per heavy atom. The number of benzene rings is 1. The minimum Gasteiger partial charge on any atom is -0.497 e. The normalized spacial score (nSPS) is 9.79. The van der Waals surface area contributed by atoms with Crippen LogP contribution >= 0.6 is 12.6 Å². The number of aryl methyl sites for hydroxylation is 1. The molecule has 108 valence electrons. The molecule has 0 amide bonds. The second kappa shape index (κ2) is 10.9. The number of rotatable bonds is 6. The maximum Gasteiger partial charge on any atom is 0.186 e. The highest BCUT2D eigenvalue weighted by Gasteiger charge is 2.05. The van der Waals surface area contributed by atoms with Gasteiger partial charge in [-0.1, -0.05) is 45.7 Å². The maximum atomic E-state index is 10.4. The van der Waals surface area contributed by atoms with Crippen molar-refractivity contribution in [3.63, 3.8) is 0 Å². The summed E-state index contributed by atoms with van der Waals surface area (Å²) in [4.78, 5) is 10.4. The summed E-state index contributed by atoms with van der Waals surface area (Å²) in [7, 11) is 1.69. The fraction of sp³-hybridized carbons (Fsp3) is 0.562. The Morgan fingerprint density at radius 2 is 1.89 bits per heavy atom. The number of hydrogen-bond acceptors (Lipinski definition) is 2. The summed E-state index contributed by atoms with van der Waals surface area (Å²) in [6.45, 7) is 6.34. The Kier molecular flexibility index (Phi) is 10.4. The van der Waals surface area contributed by atoms with E-state index < -0.39 is 0 Å². The first-order valence-corrected chi connectivity index (χ1v) is 7.36. The highest BCUT2D eigenvalue weighted by molar-refractivity contribution is 7.96. The van der Waals surface area contributed by atoms with Crippen LogP contribution in [-0.2, 0) is 11.2 Å². The van der Waals surface area contributed by atoms with Crippen LogP contribution in [0.15, 0.2) is 24.3 Å². The van der Waals surface area contributed by atoms with Gasteiger partial charge in [-0.05, 0) is 30.0 Å². The van der Waals surface area contributed by atoms with Gasteiger partial charge in [-0.3, -0.25) is 4.79 Å². The lowest BCUT2D eigenvalue weighted by atomic mass is 10.0. The molecule has 1 aromatic rings. The van der Waals surface area contributed by atoms with Crippen LogP contribution in [0.4, 0.5) is 0 Å². The molecule has 0 saturated heterocycles. The molecule has 2 nitrogen and oxygen atoms in total. The van der Waals surface area contributed by atoms with Gasteiger partial charge in [0.2, 0.25) is 0 Å². The van der Waals surface area contributed by atoms with Gasteiger partial charge in [-0.25, -0.2) is 0 Å². The smallest absolute Gasteiger partial charge is 0.186 e. The minimum absolute atomic E-state index is 0.0173. The van der Waals surface area contributed by atoms with Crippen LogP contribution in [0.25, 0.3) is 0 Å². The first kappa shape index (κ1) is 18.0. The third-order valence-corrected chi connectivity index (χ3v) is 3.34. The van der Waals surface area contributed by atoms with Crippen molar-refractivity contribution in [1.29, 1.82) is 0 Å². The van der Waals surface area contributed by atoms with Crippen molar-refractivity contribution >= 4 is 17.7 Å². The standard InChI is InChI=1S/C9H12O.C7H14OS/c1-3-8-5-4-6-9(7-8)10-2;1-3-6(4-2)5-7(8)9/h4-7H,3H2,1-2H3;6H,3-5H2,1-2H3,(H,8,9). The predicted molar refractivity (Wildman–Crippen MR) is 85.1 cm³/mol. The Bertz CT molecular complexity index is 340. The number of carbonyl (C=O) groups excluding carboxylic acids is 1. The molecule has 3 heteroatoms. The first-order valence-electron chi connectivity index (χ1n) is 6.91. The van der Waals surface area contributed by atoms with E-state index in [0.717, 1.165) is 25.0 Å². The largest absolute Gasteiger partial charge is 0.497 e. The van der Waals surface area contributed by atoms with Crippen molar-refractivity contribution in [2.45, 2.75) is 46.5 Å². The van der Waals surface area contributed by atoms with Crippen LogP contribution in [0.5, 0.6) is 5.75 Å². The zero-order valence-corrected chi connectivity index (χ0v) is 13.4. The molecule has 0 spiro atoms. The molecule has 0 aliphatic rings. The average Bonchev–Trinajstić information content (AvgIpc) is 2.45. The summed E-state index contributed by atoms with van der Waals surface area (Å²) in [5.41, 5.74) is 1.32. The fourth-order valence-electron chi connectivity index (χ4n) is 1.72. The van der Waals surface area contributed by atoms with Gasteiger partial charge in [0.25, 0.3) is 0 Å². The number of ether oxygens (including phenoxy) is 1. The van der Waals surface area contributed by atoms with Gasteiger partial charge in [0.1, 0.15) is 5.75 Å². The third-order valence-electron chi connectivity index (χ3n) is 3.16. The van der Waals surface area contributed by atoms with Crippen molar-refractivity contribution in [2.75, 3.05) is 7.11 Å². The lowest BCUT2D eigenvalue weighted by Gasteiger charge is -2.07. The molecule has 0 saturated carbocycles. The zero-order chi connectivity index (χ0) is 14.7. The summed E-state index contributed by atoms with van der Waals surface area (Å²) in [5, 5.41) is 0.0173. The Balaban J connectivity index is 0.000000344. The van der Waals surface area contributed by atoms with Gasteiger partial charge in [0.15, 0.2) is 5.12 Å². The molecular formula is C16H26O2S. The van der Waals surface area contributed by atoms with Crippen molar-refractivity contribution in [3.05, 3.63) is 29.8 Å². The average molecular weight is 282 g/mol. The quantitative estimate of drug-likeness (QED) is 0.776. The van der Waals surface area contributed by atoms with Gasteiger partial charge in [0.05, 0.1) is 7.11 Å². The second-order valence-corrected chi connectivity index (χ2v) is 4.98. The van der Waals surface area contributed by atoms with Gasteiger partial charge < -0.3 is 4.74 Å². The van der Waals surface area contributed by atoms with Crippen LogP contribution in [-0.4, -0.2) is 12.2 Å². The molecule has 0 heterocycles. The Hall–Kier alpha value is -0.960. The van der Waals surface area contributed by atoms with Crippen molar-refractivity contribution in [2.24, 2.45) is 5.92 Å². The topological polar surface area (TPSA) is 26.3 Å². The number of hydrogen-bond donors (Lipinski definition) is 1. The van der Waals surface area contributed by atoms with Crippen LogP contribution in [0.3, 0.4) is 0 Å². The fourth-order valence-corrected chi connectivity index (χ4v) is 1.97. The molecule has 0 aliphatic heterocycles. The lowest BCUT2D eigenvalue weighted by Crippen LogP contribution is -2.00. The van der Waals surface area contributed by atoms with Gasteiger partial charge in [0, 0.05) is 6.42 Å². The molecule has 0 N–H and O–H groups in total. The van der Waals surface area contributed by atoms with E-state index in [-0.39, 0.29) is 5.12 Å². The van der Waals surface area contributed by atoms with E-state index in [9.17, 15) is 4.79 Å². The number of thiol groups is 1. The molecule has 0 aromatic heterocycles. The molecule has 0 bridgehead atoms. The molecule has 0 radical (unpaired) electrons. The number of methoxy groups -OCH3 is 1. The van der Waals surface area contributed by atoms with E-state index in [1.54, 1.807) is 7.11 Å². The highest BCUT2D eigenvalue weighted by Crippen LogP contribution is 2.13. The highest BCUT2D eigenvalue weighted by atomic mass is 32.1. The molecule has 1 aromatic carbocycles. The van der Waals surface area contributed by atoms with Crippen molar-refractivity contribution in [1.82, 2.24) is 0 Å². The maximum absolute atomic E-state index is 10.4. The Labute approximate surface area is 123 Å². The van der Waals surface area contributed by atoms with Crippen molar-refractivity contribution in [3.8, 4) is 5.75 Å². The van der Waals surface area contributed by atoms with E-state index in [2.05, 4.69) is 45.5 Å². The summed E-state index contributed by atoms with van der Waals surface area (Å²) in [5.74, 6) is 1.49. The molecule has 1 rings (SSSR count). The molecular weight excluding hydrogens is 256 g/mol. The molecule has 0 fully saturated rings. The predicted octanol–water partition coefficient (Wildman–Crippen LogP) is 4.53. The van der Waals surface area contributed by atoms with Gasteiger partial charge >= 0.3 is 0 Å². The molecule has 0 aliphatic carbocycles. The van der Waals surface area contributed by atoms with E-state index in [1.165, 1.54) is 5.56 Å². The van der Waals surface area contributed by atoms with E-state index in [4.69, 9.17) is 4.74 Å². The summed E-state index contributed by atoms with van der Waals surface area (Å²) in [6.07, 6.45) is 3.87. The molecule has 19 heavy (non-hydrogen) atoms. The third kappa shape index (κ3) is 8.71. The first-order chi connectivity index (χ1) is 9.07. The molecule has 0 unspecified atom stereocenters. The monoisotopic (exact) mass is 282 g/mol. The SMILES string of the molecule is CCC(CC)CC(=O)S.CCc1cccc(OC)c1.